The Bertz CT molecular complexity index is 707. The molecule has 0 N–H and O–H groups in total. The number of imide groups is 1. The van der Waals surface area contributed by atoms with Crippen LogP contribution in [0.2, 0.25) is 0 Å². The van der Waals surface area contributed by atoms with E-state index in [4.69, 9.17) is 4.74 Å². The molecule has 1 aromatic rings. The standard InChI is InChI=1S/C15H11NO3/c1-16-13(17)8-4-2-3-7-10(8)15(14(16)18)6-5-9(15)12-11(7)19-12/h2-6,9,11-12H,1H3/t9-,11-,12+,15+/m1/s1. The number of benzene rings is 1. The van der Waals surface area contributed by atoms with Gasteiger partial charge < -0.3 is 4.74 Å². The molecule has 2 heterocycles. The van der Waals surface area contributed by atoms with Crippen LogP contribution in [0.15, 0.2) is 30.4 Å². The van der Waals surface area contributed by atoms with Crippen molar-refractivity contribution in [2.75, 3.05) is 7.05 Å². The van der Waals surface area contributed by atoms with Crippen LogP contribution in [0.25, 0.3) is 0 Å². The van der Waals surface area contributed by atoms with Gasteiger partial charge in [-0.1, -0.05) is 24.3 Å². The van der Waals surface area contributed by atoms with Crippen molar-refractivity contribution in [1.29, 1.82) is 0 Å². The van der Waals surface area contributed by atoms with E-state index in [1.54, 1.807) is 7.05 Å². The Morgan fingerprint density at radius 1 is 1.32 bits per heavy atom. The summed E-state index contributed by atoms with van der Waals surface area (Å²) in [5, 5.41) is 0. The van der Waals surface area contributed by atoms with Gasteiger partial charge in [0.1, 0.15) is 11.5 Å². The highest BCUT2D eigenvalue weighted by Gasteiger charge is 2.68. The lowest BCUT2D eigenvalue weighted by Crippen LogP contribution is -2.60. The molecule has 4 aliphatic rings. The minimum atomic E-state index is -0.647. The van der Waals surface area contributed by atoms with Crippen LogP contribution in [-0.2, 0) is 14.9 Å². The number of hydrogen-bond acceptors (Lipinski definition) is 3. The summed E-state index contributed by atoms with van der Waals surface area (Å²) in [6.07, 6.45) is 4.18. The molecular formula is C15H11NO3. The summed E-state index contributed by atoms with van der Waals surface area (Å²) in [5.41, 5.74) is 1.93. The number of carbonyl (C=O) groups excluding carboxylic acids is 2. The van der Waals surface area contributed by atoms with Crippen LogP contribution in [-0.4, -0.2) is 29.9 Å². The topological polar surface area (TPSA) is 49.9 Å². The molecule has 4 nitrogen and oxygen atoms in total. The van der Waals surface area contributed by atoms with Gasteiger partial charge in [-0.2, -0.15) is 0 Å². The van der Waals surface area contributed by atoms with Gasteiger partial charge in [-0.3, -0.25) is 14.5 Å². The second kappa shape index (κ2) is 2.65. The summed E-state index contributed by atoms with van der Waals surface area (Å²) in [5.74, 6) is -0.223. The van der Waals surface area contributed by atoms with Crippen molar-refractivity contribution in [2.45, 2.75) is 17.6 Å². The molecule has 1 aromatic carbocycles. The Kier molecular flexibility index (Phi) is 1.38. The normalized spacial score (nSPS) is 40.3. The molecule has 0 bridgehead atoms. The van der Waals surface area contributed by atoms with Crippen LogP contribution < -0.4 is 0 Å². The fraction of sp³-hybridized carbons (Fsp3) is 0.333. The largest absolute Gasteiger partial charge is 0.364 e. The first-order chi connectivity index (χ1) is 9.16. The van der Waals surface area contributed by atoms with Crippen molar-refractivity contribution in [1.82, 2.24) is 4.90 Å². The Hall–Kier alpha value is -1.94. The van der Waals surface area contributed by atoms with Gasteiger partial charge in [0.15, 0.2) is 0 Å². The molecule has 2 aliphatic carbocycles. The molecule has 5 rings (SSSR count). The van der Waals surface area contributed by atoms with E-state index in [0.717, 1.165) is 11.1 Å². The van der Waals surface area contributed by atoms with Gasteiger partial charge in [0.2, 0.25) is 5.91 Å². The third-order valence-electron chi connectivity index (χ3n) is 4.98. The summed E-state index contributed by atoms with van der Waals surface area (Å²) in [7, 11) is 1.57. The van der Waals surface area contributed by atoms with Gasteiger partial charge in [0, 0.05) is 18.5 Å². The zero-order chi connectivity index (χ0) is 12.9. The maximum absolute atomic E-state index is 12.7. The number of nitrogens with zero attached hydrogens (tertiary/aromatic N) is 1. The lowest BCUT2D eigenvalue weighted by atomic mass is 9.54. The van der Waals surface area contributed by atoms with Gasteiger partial charge in [-0.25, -0.2) is 0 Å². The van der Waals surface area contributed by atoms with E-state index in [1.807, 2.05) is 30.4 Å². The first-order valence-electron chi connectivity index (χ1n) is 6.47. The predicted octanol–water partition coefficient (Wildman–Crippen LogP) is 1.18. The van der Waals surface area contributed by atoms with Crippen molar-refractivity contribution < 1.29 is 14.3 Å². The fourth-order valence-corrected chi connectivity index (χ4v) is 3.98. The van der Waals surface area contributed by atoms with E-state index in [0.29, 0.717) is 5.56 Å². The van der Waals surface area contributed by atoms with Crippen LogP contribution in [0.3, 0.4) is 0 Å². The molecule has 4 atom stereocenters. The highest BCUT2D eigenvalue weighted by Crippen LogP contribution is 2.63. The van der Waals surface area contributed by atoms with Gasteiger partial charge in [0.25, 0.3) is 5.91 Å². The Morgan fingerprint density at radius 2 is 2.16 bits per heavy atom. The zero-order valence-corrected chi connectivity index (χ0v) is 10.3. The lowest BCUT2D eigenvalue weighted by Gasteiger charge is -2.49. The highest BCUT2D eigenvalue weighted by molar-refractivity contribution is 6.15. The number of likely N-dealkylation sites (N-methyl/N-ethyl adjacent to an activating group) is 1. The van der Waals surface area contributed by atoms with Crippen molar-refractivity contribution >= 4 is 11.8 Å². The summed E-state index contributed by atoms with van der Waals surface area (Å²) in [6, 6.07) is 5.68. The number of rotatable bonds is 0. The number of carbonyl (C=O) groups is 2. The third-order valence-corrected chi connectivity index (χ3v) is 4.98. The van der Waals surface area contributed by atoms with Gasteiger partial charge in [-0.15, -0.1) is 0 Å². The van der Waals surface area contributed by atoms with Crippen LogP contribution in [0.4, 0.5) is 0 Å². The maximum Gasteiger partial charge on any atom is 0.260 e. The van der Waals surface area contributed by atoms with Crippen molar-refractivity contribution in [3.63, 3.8) is 0 Å². The van der Waals surface area contributed by atoms with Gasteiger partial charge in [0.05, 0.1) is 6.10 Å². The molecule has 1 fully saturated rings. The Balaban J connectivity index is 1.93. The molecule has 2 amide bonds. The van der Waals surface area contributed by atoms with E-state index in [1.165, 1.54) is 4.90 Å². The maximum atomic E-state index is 12.7. The monoisotopic (exact) mass is 253 g/mol. The van der Waals surface area contributed by atoms with E-state index in [2.05, 4.69) is 0 Å². The fourth-order valence-electron chi connectivity index (χ4n) is 3.98. The molecular weight excluding hydrogens is 242 g/mol. The van der Waals surface area contributed by atoms with Crippen molar-refractivity contribution in [3.05, 3.63) is 47.0 Å². The summed E-state index contributed by atoms with van der Waals surface area (Å²) in [6.45, 7) is 0. The van der Waals surface area contributed by atoms with E-state index < -0.39 is 5.41 Å². The summed E-state index contributed by atoms with van der Waals surface area (Å²) >= 11 is 0. The first-order valence-corrected chi connectivity index (χ1v) is 6.47. The molecule has 0 radical (unpaired) electrons. The third kappa shape index (κ3) is 0.824. The number of amides is 2. The smallest absolute Gasteiger partial charge is 0.260 e. The van der Waals surface area contributed by atoms with E-state index >= 15 is 0 Å². The average molecular weight is 253 g/mol. The zero-order valence-electron chi connectivity index (χ0n) is 10.3. The second-order valence-corrected chi connectivity index (χ2v) is 5.71. The number of epoxide rings is 1. The predicted molar refractivity (Wildman–Crippen MR) is 65.5 cm³/mol. The van der Waals surface area contributed by atoms with Gasteiger partial charge in [-0.05, 0) is 17.2 Å². The SMILES string of the molecule is CN1C(=O)c2cccc3c2[C@@]2(C=C[C@@H]2[C@@H]2O[C@H]32)C1=O. The molecule has 2 aliphatic heterocycles. The molecule has 94 valence electrons. The molecule has 0 aromatic heterocycles. The minimum absolute atomic E-state index is 0.0713. The number of hydrogen-bond donors (Lipinski definition) is 0. The highest BCUT2D eigenvalue weighted by atomic mass is 16.6. The Morgan fingerprint density at radius 3 is 2.89 bits per heavy atom. The minimum Gasteiger partial charge on any atom is -0.364 e. The Labute approximate surface area is 109 Å². The first kappa shape index (κ1) is 9.92. The molecule has 0 saturated carbocycles. The quantitative estimate of drug-likeness (QED) is 0.396. The molecule has 1 saturated heterocycles. The van der Waals surface area contributed by atoms with Crippen LogP contribution >= 0.6 is 0 Å². The van der Waals surface area contributed by atoms with Crippen molar-refractivity contribution in [3.8, 4) is 0 Å². The lowest BCUT2D eigenvalue weighted by molar-refractivity contribution is -0.135. The summed E-state index contributed by atoms with van der Waals surface area (Å²) in [4.78, 5) is 26.2. The van der Waals surface area contributed by atoms with E-state index in [-0.39, 0.29) is 29.9 Å². The second-order valence-electron chi connectivity index (χ2n) is 5.71. The molecule has 19 heavy (non-hydrogen) atoms. The summed E-state index contributed by atoms with van der Waals surface area (Å²) < 4.78 is 5.73. The molecule has 4 heteroatoms. The number of ether oxygens (including phenoxy) is 1. The van der Waals surface area contributed by atoms with Crippen LogP contribution in [0, 0.1) is 5.92 Å². The molecule has 1 spiro atoms. The van der Waals surface area contributed by atoms with Crippen LogP contribution in [0.5, 0.6) is 0 Å². The van der Waals surface area contributed by atoms with Crippen LogP contribution in [0.1, 0.15) is 27.6 Å². The van der Waals surface area contributed by atoms with E-state index in [9.17, 15) is 9.59 Å². The average Bonchev–Trinajstić information content (AvgIpc) is 3.14. The molecule has 0 unspecified atom stereocenters. The number of fused-ring (bicyclic) bond motifs is 3. The van der Waals surface area contributed by atoms with Crippen molar-refractivity contribution in [2.24, 2.45) is 5.92 Å². The van der Waals surface area contributed by atoms with Gasteiger partial charge >= 0.3 is 0 Å².